The molecule has 0 saturated heterocycles. The summed E-state index contributed by atoms with van der Waals surface area (Å²) in [7, 11) is 1.45. The van der Waals surface area contributed by atoms with Gasteiger partial charge in [0.05, 0.1) is 24.2 Å². The molecule has 1 amide bonds. The molecule has 0 aliphatic rings. The normalized spacial score (nSPS) is 11.6. The van der Waals surface area contributed by atoms with Crippen molar-refractivity contribution in [3.63, 3.8) is 0 Å². The Hall–Kier alpha value is -5.16. The van der Waals surface area contributed by atoms with Crippen LogP contribution >= 0.6 is 11.6 Å². The third-order valence-electron chi connectivity index (χ3n) is 6.70. The second-order valence-corrected chi connectivity index (χ2v) is 9.86. The summed E-state index contributed by atoms with van der Waals surface area (Å²) >= 11 is 6.47. The lowest BCUT2D eigenvalue weighted by molar-refractivity contribution is -0.142. The maximum atomic E-state index is 14.2. The molecule has 6 aromatic rings. The van der Waals surface area contributed by atoms with E-state index in [4.69, 9.17) is 21.4 Å². The van der Waals surface area contributed by atoms with E-state index in [0.29, 0.717) is 27.1 Å². The number of nitrogens with one attached hydrogen (secondary N) is 1. The number of hydrogen-bond donors (Lipinski definition) is 1. The van der Waals surface area contributed by atoms with Gasteiger partial charge in [-0.1, -0.05) is 72.3 Å². The molecule has 0 atom stereocenters. The Bertz CT molecular complexity index is 1940. The van der Waals surface area contributed by atoms with Crippen molar-refractivity contribution in [3.8, 4) is 34.0 Å². The molecule has 3 aromatic carbocycles. The van der Waals surface area contributed by atoms with Crippen molar-refractivity contribution in [2.45, 2.75) is 12.7 Å². The van der Waals surface area contributed by atoms with Gasteiger partial charge in [0.25, 0.3) is 5.91 Å². The topological polar surface area (TPSA) is 86.3 Å². The fraction of sp³-hybridized carbons (Fsp3) is 0.0968. The second kappa shape index (κ2) is 11.3. The molecule has 1 N–H and O–H groups in total. The number of aromatic nitrogens is 5. The lowest BCUT2D eigenvalue weighted by Crippen LogP contribution is -2.24. The number of carbonyl (C=O) groups excluding carboxylic acids is 1. The van der Waals surface area contributed by atoms with Gasteiger partial charge in [0.2, 0.25) is 0 Å². The molecule has 0 fully saturated rings. The van der Waals surface area contributed by atoms with Crippen molar-refractivity contribution in [2.24, 2.45) is 0 Å². The molecule has 3 heterocycles. The molecule has 0 saturated carbocycles. The lowest BCUT2D eigenvalue weighted by atomic mass is 10.1. The molecule has 3 aromatic heterocycles. The Morgan fingerprint density at radius 2 is 1.63 bits per heavy atom. The molecular weight excluding hydrogens is 581 g/mol. The molecule has 6 rings (SSSR count). The Morgan fingerprint density at radius 3 is 2.33 bits per heavy atom. The Kier molecular flexibility index (Phi) is 7.32. The first-order chi connectivity index (χ1) is 20.7. The van der Waals surface area contributed by atoms with Crippen molar-refractivity contribution >= 4 is 23.2 Å². The van der Waals surface area contributed by atoms with Crippen LogP contribution in [0.25, 0.3) is 33.8 Å². The highest BCUT2D eigenvalue weighted by Gasteiger charge is 2.37. The van der Waals surface area contributed by atoms with Crippen molar-refractivity contribution in [1.29, 1.82) is 0 Å². The van der Waals surface area contributed by atoms with Crippen LogP contribution in [0.5, 0.6) is 5.75 Å². The molecule has 8 nitrogen and oxygen atoms in total. The van der Waals surface area contributed by atoms with Gasteiger partial charge in [-0.15, -0.1) is 0 Å². The summed E-state index contributed by atoms with van der Waals surface area (Å²) < 4.78 is 49.9. The van der Waals surface area contributed by atoms with E-state index in [1.807, 2.05) is 60.7 Å². The van der Waals surface area contributed by atoms with E-state index in [0.717, 1.165) is 17.3 Å². The monoisotopic (exact) mass is 602 g/mol. The first kappa shape index (κ1) is 28.0. The van der Waals surface area contributed by atoms with Crippen LogP contribution in [-0.4, -0.2) is 37.4 Å². The van der Waals surface area contributed by atoms with Gasteiger partial charge in [-0.3, -0.25) is 4.79 Å². The van der Waals surface area contributed by atoms with E-state index in [9.17, 15) is 18.0 Å². The van der Waals surface area contributed by atoms with Crippen LogP contribution in [0, 0.1) is 0 Å². The third-order valence-corrected chi connectivity index (χ3v) is 7.05. The standard InChI is InChI=1S/C31H22ClF3N6O2/c1-43-23-14-8-11-20(15-23)24-16-25(31(33,34)35)41-29(37-24)26(32)28(39-41)30(42)36-17-21-18-40(22-12-6-3-7-13-22)38-27(21)19-9-4-2-5-10-19/h2-16,18H,17H2,1H3,(H,36,42). The lowest BCUT2D eigenvalue weighted by Gasteiger charge is -2.11. The van der Waals surface area contributed by atoms with Gasteiger partial charge in [-0.2, -0.15) is 23.4 Å². The molecule has 0 unspecified atom stereocenters. The number of fused-ring (bicyclic) bond motifs is 1. The van der Waals surface area contributed by atoms with Crippen LogP contribution in [0.4, 0.5) is 13.2 Å². The van der Waals surface area contributed by atoms with Crippen molar-refractivity contribution in [3.05, 3.63) is 119 Å². The fourth-order valence-electron chi connectivity index (χ4n) is 4.62. The molecule has 0 radical (unpaired) electrons. The first-order valence-electron chi connectivity index (χ1n) is 13.0. The van der Waals surface area contributed by atoms with Crippen LogP contribution in [0.3, 0.4) is 0 Å². The minimum Gasteiger partial charge on any atom is -0.497 e. The van der Waals surface area contributed by atoms with Crippen LogP contribution in [-0.2, 0) is 12.7 Å². The first-order valence-corrected chi connectivity index (χ1v) is 13.4. The van der Waals surface area contributed by atoms with E-state index in [1.165, 1.54) is 7.11 Å². The largest absolute Gasteiger partial charge is 0.497 e. The van der Waals surface area contributed by atoms with Gasteiger partial charge in [0, 0.05) is 29.4 Å². The molecule has 0 aliphatic carbocycles. The summed E-state index contributed by atoms with van der Waals surface area (Å²) in [5.74, 6) is -0.323. The molecule has 0 aliphatic heterocycles. The van der Waals surface area contributed by atoms with Gasteiger partial charge in [0.15, 0.2) is 17.0 Å². The minimum atomic E-state index is -4.81. The number of nitrogens with zero attached hydrogens (tertiary/aromatic N) is 5. The Labute approximate surface area is 248 Å². The summed E-state index contributed by atoms with van der Waals surface area (Å²) in [5, 5.41) is 11.1. The molecule has 0 spiro atoms. The van der Waals surface area contributed by atoms with E-state index in [2.05, 4.69) is 15.4 Å². The van der Waals surface area contributed by atoms with E-state index in [1.54, 1.807) is 35.1 Å². The number of para-hydroxylation sites is 1. The minimum absolute atomic E-state index is 0.00619. The summed E-state index contributed by atoms with van der Waals surface area (Å²) in [6, 6.07) is 26.2. The number of ether oxygens (including phenoxy) is 1. The predicted molar refractivity (Wildman–Crippen MR) is 155 cm³/mol. The van der Waals surface area contributed by atoms with Gasteiger partial charge in [-0.25, -0.2) is 14.2 Å². The van der Waals surface area contributed by atoms with Gasteiger partial charge in [-0.05, 0) is 30.3 Å². The molecule has 216 valence electrons. The molecule has 43 heavy (non-hydrogen) atoms. The van der Waals surface area contributed by atoms with Crippen LogP contribution in [0.15, 0.2) is 97.2 Å². The van der Waals surface area contributed by atoms with Crippen LogP contribution < -0.4 is 10.1 Å². The molecule has 12 heteroatoms. The summed E-state index contributed by atoms with van der Waals surface area (Å²) in [5.41, 5.74) is 1.50. The number of halogens is 4. The highest BCUT2D eigenvalue weighted by Crippen LogP contribution is 2.35. The smallest absolute Gasteiger partial charge is 0.433 e. The Morgan fingerprint density at radius 1 is 0.930 bits per heavy atom. The maximum absolute atomic E-state index is 14.2. The van der Waals surface area contributed by atoms with Crippen LogP contribution in [0.2, 0.25) is 5.02 Å². The predicted octanol–water partition coefficient (Wildman–Crippen LogP) is 6.86. The third kappa shape index (κ3) is 5.54. The maximum Gasteiger partial charge on any atom is 0.433 e. The van der Waals surface area contributed by atoms with Crippen molar-refractivity contribution < 1.29 is 22.7 Å². The SMILES string of the molecule is COc1cccc(-c2cc(C(F)(F)F)n3nc(C(=O)NCc4cn(-c5ccccc5)nc4-c4ccccc4)c(Cl)c3n2)c1. The van der Waals surface area contributed by atoms with E-state index >= 15 is 0 Å². The highest BCUT2D eigenvalue weighted by atomic mass is 35.5. The zero-order valence-corrected chi connectivity index (χ0v) is 23.3. The van der Waals surface area contributed by atoms with Crippen molar-refractivity contribution in [1.82, 2.24) is 29.7 Å². The highest BCUT2D eigenvalue weighted by molar-refractivity contribution is 6.36. The number of carbonyl (C=O) groups is 1. The number of alkyl halides is 3. The zero-order valence-electron chi connectivity index (χ0n) is 22.5. The van der Waals surface area contributed by atoms with E-state index in [-0.39, 0.29) is 28.6 Å². The second-order valence-electron chi connectivity index (χ2n) is 9.49. The number of hydrogen-bond acceptors (Lipinski definition) is 5. The molecular formula is C31H22ClF3N6O2. The number of rotatable bonds is 7. The van der Waals surface area contributed by atoms with Gasteiger partial charge in [0.1, 0.15) is 10.8 Å². The number of methoxy groups -OCH3 is 1. The average molecular weight is 603 g/mol. The van der Waals surface area contributed by atoms with Crippen molar-refractivity contribution in [2.75, 3.05) is 7.11 Å². The summed E-state index contributed by atoms with van der Waals surface area (Å²) in [4.78, 5) is 17.6. The average Bonchev–Trinajstić information content (AvgIpc) is 3.61. The Balaban J connectivity index is 1.36. The summed E-state index contributed by atoms with van der Waals surface area (Å²) in [6.07, 6.45) is -3.03. The number of benzene rings is 3. The number of amides is 1. The summed E-state index contributed by atoms with van der Waals surface area (Å²) in [6.45, 7) is 0.00864. The quantitative estimate of drug-likeness (QED) is 0.216. The zero-order chi connectivity index (χ0) is 30.1. The van der Waals surface area contributed by atoms with E-state index < -0.39 is 17.8 Å². The van der Waals surface area contributed by atoms with Crippen LogP contribution in [0.1, 0.15) is 21.7 Å². The van der Waals surface area contributed by atoms with Gasteiger partial charge < -0.3 is 10.1 Å². The fourth-order valence-corrected chi connectivity index (χ4v) is 4.87. The van der Waals surface area contributed by atoms with Gasteiger partial charge >= 0.3 is 6.18 Å². The molecule has 0 bridgehead atoms.